The number of rotatable bonds is 4. The van der Waals surface area contributed by atoms with Crippen LogP contribution in [0.5, 0.6) is 0 Å². The number of benzene rings is 1. The van der Waals surface area contributed by atoms with Gasteiger partial charge < -0.3 is 5.32 Å². The summed E-state index contributed by atoms with van der Waals surface area (Å²) in [6.45, 7) is 3.23. The molecule has 0 spiro atoms. The van der Waals surface area contributed by atoms with Crippen LogP contribution in [0.1, 0.15) is 31.4 Å². The molecular formula is C13H19FN2O2S. The van der Waals surface area contributed by atoms with Gasteiger partial charge in [0, 0.05) is 6.04 Å². The summed E-state index contributed by atoms with van der Waals surface area (Å²) in [5, 5.41) is 2.81. The highest BCUT2D eigenvalue weighted by molar-refractivity contribution is 7.90. The monoisotopic (exact) mass is 286 g/mol. The molecule has 0 radical (unpaired) electrons. The van der Waals surface area contributed by atoms with Crippen LogP contribution in [-0.2, 0) is 10.0 Å². The molecule has 1 atom stereocenters. The number of hydrogen-bond donors (Lipinski definition) is 2. The van der Waals surface area contributed by atoms with E-state index in [1.807, 2.05) is 0 Å². The summed E-state index contributed by atoms with van der Waals surface area (Å²) < 4.78 is 40.0. The third-order valence-electron chi connectivity index (χ3n) is 3.44. The summed E-state index contributed by atoms with van der Waals surface area (Å²) in [5.74, 6) is -0.322. The van der Waals surface area contributed by atoms with Gasteiger partial charge in [-0.15, -0.1) is 0 Å². The third-order valence-corrected chi connectivity index (χ3v) is 5.47. The first-order valence-electron chi connectivity index (χ1n) is 6.46. The highest BCUT2D eigenvalue weighted by Gasteiger charge is 2.28. The second-order valence-corrected chi connectivity index (χ2v) is 6.88. The number of sulfonamides is 1. The molecule has 106 valence electrons. The summed E-state index contributed by atoms with van der Waals surface area (Å²) >= 11 is 0. The quantitative estimate of drug-likeness (QED) is 0.883. The highest BCUT2D eigenvalue weighted by Crippen LogP contribution is 2.18. The van der Waals surface area contributed by atoms with Crippen molar-refractivity contribution in [3.8, 4) is 0 Å². The van der Waals surface area contributed by atoms with Crippen LogP contribution in [0.25, 0.3) is 0 Å². The van der Waals surface area contributed by atoms with E-state index in [1.165, 1.54) is 12.1 Å². The Labute approximate surface area is 113 Å². The van der Waals surface area contributed by atoms with Crippen LogP contribution < -0.4 is 10.0 Å². The van der Waals surface area contributed by atoms with Gasteiger partial charge in [0.25, 0.3) is 0 Å². The van der Waals surface area contributed by atoms with Crippen LogP contribution in [0.2, 0.25) is 0 Å². The Morgan fingerprint density at radius 3 is 2.42 bits per heavy atom. The van der Waals surface area contributed by atoms with Crippen molar-refractivity contribution in [2.75, 3.05) is 13.1 Å². The van der Waals surface area contributed by atoms with Gasteiger partial charge in [-0.2, -0.15) is 0 Å². The number of hydrogen-bond acceptors (Lipinski definition) is 3. The SMILES string of the molecule is CC(NS(=O)(=O)C1CCNCC1)c1ccc(F)cc1. The first-order valence-corrected chi connectivity index (χ1v) is 8.01. The Morgan fingerprint density at radius 2 is 1.84 bits per heavy atom. The zero-order valence-electron chi connectivity index (χ0n) is 10.9. The van der Waals surface area contributed by atoms with Crippen molar-refractivity contribution < 1.29 is 12.8 Å². The second kappa shape index (κ2) is 5.98. The Morgan fingerprint density at radius 1 is 1.26 bits per heavy atom. The Balaban J connectivity index is 2.04. The number of piperidine rings is 1. The number of halogens is 1. The molecule has 0 saturated carbocycles. The zero-order chi connectivity index (χ0) is 13.9. The van der Waals surface area contributed by atoms with E-state index in [0.29, 0.717) is 12.8 Å². The molecule has 1 aromatic rings. The predicted octanol–water partition coefficient (Wildman–Crippen LogP) is 1.56. The normalized spacial score (nSPS) is 19.3. The van der Waals surface area contributed by atoms with Gasteiger partial charge >= 0.3 is 0 Å². The second-order valence-electron chi connectivity index (χ2n) is 4.89. The van der Waals surface area contributed by atoms with Gasteiger partial charge in [-0.05, 0) is 50.6 Å². The Hall–Kier alpha value is -0.980. The van der Waals surface area contributed by atoms with Crippen molar-refractivity contribution in [3.63, 3.8) is 0 Å². The molecule has 1 aromatic carbocycles. The molecule has 0 aromatic heterocycles. The molecule has 1 heterocycles. The van der Waals surface area contributed by atoms with Gasteiger partial charge in [0.1, 0.15) is 5.82 Å². The fourth-order valence-electron chi connectivity index (χ4n) is 2.27. The standard InChI is InChI=1S/C13H19FN2O2S/c1-10(11-2-4-12(14)5-3-11)16-19(17,18)13-6-8-15-9-7-13/h2-5,10,13,15-16H,6-9H2,1H3. The highest BCUT2D eigenvalue weighted by atomic mass is 32.2. The minimum absolute atomic E-state index is 0.322. The van der Waals surface area contributed by atoms with Crippen LogP contribution >= 0.6 is 0 Å². The van der Waals surface area contributed by atoms with Crippen LogP contribution in [0, 0.1) is 5.82 Å². The molecule has 1 fully saturated rings. The molecule has 2 rings (SSSR count). The molecule has 0 amide bonds. The Bertz CT molecular complexity index is 510. The maximum atomic E-state index is 12.8. The maximum Gasteiger partial charge on any atom is 0.215 e. The van der Waals surface area contributed by atoms with Gasteiger partial charge in [0.05, 0.1) is 5.25 Å². The lowest BCUT2D eigenvalue weighted by atomic mass is 10.1. The summed E-state index contributed by atoms with van der Waals surface area (Å²) in [7, 11) is -3.32. The summed E-state index contributed by atoms with van der Waals surface area (Å²) in [4.78, 5) is 0. The Kier molecular flexibility index (Phi) is 4.54. The van der Waals surface area contributed by atoms with Crippen LogP contribution in [0.3, 0.4) is 0 Å². The molecule has 0 aliphatic carbocycles. The first-order chi connectivity index (χ1) is 8.99. The summed E-state index contributed by atoms with van der Waals surface area (Å²) in [5.41, 5.74) is 0.763. The van der Waals surface area contributed by atoms with Crippen LogP contribution in [0.4, 0.5) is 4.39 Å². The molecule has 0 bridgehead atoms. The van der Waals surface area contributed by atoms with E-state index in [0.717, 1.165) is 18.7 Å². The molecule has 1 unspecified atom stereocenters. The maximum absolute atomic E-state index is 12.8. The van der Waals surface area contributed by atoms with Crippen molar-refractivity contribution in [3.05, 3.63) is 35.6 Å². The summed E-state index contributed by atoms with van der Waals surface area (Å²) in [6, 6.07) is 5.53. The smallest absolute Gasteiger partial charge is 0.215 e. The molecular weight excluding hydrogens is 267 g/mol. The van der Waals surface area contributed by atoms with E-state index >= 15 is 0 Å². The van der Waals surface area contributed by atoms with Crippen molar-refractivity contribution in [1.29, 1.82) is 0 Å². The lowest BCUT2D eigenvalue weighted by Crippen LogP contribution is -2.42. The molecule has 1 saturated heterocycles. The third kappa shape index (κ3) is 3.75. The van der Waals surface area contributed by atoms with Crippen molar-refractivity contribution >= 4 is 10.0 Å². The van der Waals surface area contributed by atoms with Gasteiger partial charge in [0.15, 0.2) is 0 Å². The average molecular weight is 286 g/mol. The van der Waals surface area contributed by atoms with Gasteiger partial charge in [-0.1, -0.05) is 12.1 Å². The van der Waals surface area contributed by atoms with E-state index in [9.17, 15) is 12.8 Å². The average Bonchev–Trinajstić information content (AvgIpc) is 2.40. The van der Waals surface area contributed by atoms with Gasteiger partial charge in [-0.25, -0.2) is 17.5 Å². The minimum Gasteiger partial charge on any atom is -0.317 e. The van der Waals surface area contributed by atoms with E-state index in [2.05, 4.69) is 10.0 Å². The largest absolute Gasteiger partial charge is 0.317 e. The molecule has 19 heavy (non-hydrogen) atoms. The molecule has 4 nitrogen and oxygen atoms in total. The fraction of sp³-hybridized carbons (Fsp3) is 0.538. The van der Waals surface area contributed by atoms with E-state index < -0.39 is 10.0 Å². The minimum atomic E-state index is -3.32. The topological polar surface area (TPSA) is 58.2 Å². The zero-order valence-corrected chi connectivity index (χ0v) is 11.7. The van der Waals surface area contributed by atoms with Gasteiger partial charge in [0.2, 0.25) is 10.0 Å². The number of nitrogens with one attached hydrogen (secondary N) is 2. The summed E-state index contributed by atoms with van der Waals surface area (Å²) in [6.07, 6.45) is 1.26. The van der Waals surface area contributed by atoms with Crippen LogP contribution in [-0.4, -0.2) is 26.8 Å². The van der Waals surface area contributed by atoms with E-state index in [4.69, 9.17) is 0 Å². The molecule has 2 N–H and O–H groups in total. The molecule has 1 aliphatic rings. The molecule has 1 aliphatic heterocycles. The lowest BCUT2D eigenvalue weighted by Gasteiger charge is -2.25. The van der Waals surface area contributed by atoms with E-state index in [1.54, 1.807) is 19.1 Å². The van der Waals surface area contributed by atoms with Crippen LogP contribution in [0.15, 0.2) is 24.3 Å². The van der Waals surface area contributed by atoms with Crippen molar-refractivity contribution in [2.45, 2.75) is 31.1 Å². The van der Waals surface area contributed by atoms with Crippen molar-refractivity contribution in [2.24, 2.45) is 0 Å². The fourth-order valence-corrected chi connectivity index (χ4v) is 3.95. The lowest BCUT2D eigenvalue weighted by molar-refractivity contribution is 0.484. The van der Waals surface area contributed by atoms with Gasteiger partial charge in [-0.3, -0.25) is 0 Å². The molecule has 6 heteroatoms. The predicted molar refractivity (Wildman–Crippen MR) is 72.8 cm³/mol. The first kappa shape index (κ1) is 14.4. The van der Waals surface area contributed by atoms with E-state index in [-0.39, 0.29) is 17.1 Å². The van der Waals surface area contributed by atoms with Crippen molar-refractivity contribution in [1.82, 2.24) is 10.0 Å².